The fourth-order valence-corrected chi connectivity index (χ4v) is 4.11. The van der Waals surface area contributed by atoms with Crippen molar-refractivity contribution < 1.29 is 34.1 Å². The van der Waals surface area contributed by atoms with Crippen LogP contribution in [0.4, 0.5) is 0 Å². The molecule has 0 spiro atoms. The van der Waals surface area contributed by atoms with Crippen molar-refractivity contribution in [1.82, 2.24) is 4.90 Å². The van der Waals surface area contributed by atoms with Crippen LogP contribution in [-0.2, 0) is 14.4 Å². The second-order valence-corrected chi connectivity index (χ2v) is 8.25. The number of hydrogen-bond donors (Lipinski definition) is 2. The van der Waals surface area contributed by atoms with Gasteiger partial charge in [-0.1, -0.05) is 18.0 Å². The number of carbonyl (C=O) groups is 3. The topological polar surface area (TPSA) is 113 Å². The number of methoxy groups -OCH3 is 2. The Morgan fingerprint density at radius 3 is 2.32 bits per heavy atom. The summed E-state index contributed by atoms with van der Waals surface area (Å²) in [7, 11) is 2.97. The van der Waals surface area contributed by atoms with Crippen molar-refractivity contribution in [3.05, 3.63) is 64.2 Å². The lowest BCUT2D eigenvalue weighted by Crippen LogP contribution is -2.31. The number of unbranched alkanes of at least 4 members (excludes halogenated alkanes) is 2. The highest BCUT2D eigenvalue weighted by molar-refractivity contribution is 6.46. The molecule has 1 heterocycles. The molecular weight excluding hydrogens is 462 g/mol. The van der Waals surface area contributed by atoms with E-state index in [1.807, 2.05) is 0 Å². The average molecular weight is 488 g/mol. The number of aliphatic carboxylic acids is 1. The van der Waals surface area contributed by atoms with Gasteiger partial charge in [-0.2, -0.15) is 0 Å². The zero-order valence-electron chi connectivity index (χ0n) is 18.9. The minimum Gasteiger partial charge on any atom is -0.507 e. The van der Waals surface area contributed by atoms with E-state index in [0.29, 0.717) is 46.9 Å². The molecule has 8 nitrogen and oxygen atoms in total. The maximum atomic E-state index is 13.1. The molecule has 1 amide bonds. The van der Waals surface area contributed by atoms with Gasteiger partial charge in [0, 0.05) is 29.1 Å². The van der Waals surface area contributed by atoms with Gasteiger partial charge in [0.2, 0.25) is 0 Å². The van der Waals surface area contributed by atoms with E-state index in [9.17, 15) is 19.5 Å². The SMILES string of the molecule is COc1ccc(OC)c(C2C(=C(O)c3ccc(Cl)cc3)C(=O)C(=O)N2CCCCCC(=O)O)c1. The summed E-state index contributed by atoms with van der Waals surface area (Å²) in [6.45, 7) is 0.201. The van der Waals surface area contributed by atoms with Gasteiger partial charge in [-0.15, -0.1) is 0 Å². The zero-order chi connectivity index (χ0) is 24.8. The van der Waals surface area contributed by atoms with Gasteiger partial charge < -0.3 is 24.6 Å². The minimum absolute atomic E-state index is 0.0303. The van der Waals surface area contributed by atoms with Gasteiger partial charge in [0.25, 0.3) is 11.7 Å². The molecule has 0 aromatic heterocycles. The van der Waals surface area contributed by atoms with Crippen molar-refractivity contribution in [2.45, 2.75) is 31.7 Å². The Balaban J connectivity index is 2.08. The Kier molecular flexibility index (Phi) is 8.17. The van der Waals surface area contributed by atoms with Crippen molar-refractivity contribution in [1.29, 1.82) is 0 Å². The van der Waals surface area contributed by atoms with Gasteiger partial charge in [0.1, 0.15) is 17.3 Å². The van der Waals surface area contributed by atoms with Crippen LogP contribution in [0.2, 0.25) is 5.02 Å². The molecule has 1 unspecified atom stereocenters. The van der Waals surface area contributed by atoms with E-state index in [4.69, 9.17) is 26.2 Å². The highest BCUT2D eigenvalue weighted by Gasteiger charge is 2.47. The van der Waals surface area contributed by atoms with Crippen LogP contribution in [0.5, 0.6) is 11.5 Å². The number of carbonyl (C=O) groups excluding carboxylic acids is 2. The number of benzene rings is 2. The van der Waals surface area contributed by atoms with E-state index in [1.165, 1.54) is 19.1 Å². The summed E-state index contributed by atoms with van der Waals surface area (Å²) in [6.07, 6.45) is 1.54. The Morgan fingerprint density at radius 2 is 1.71 bits per heavy atom. The molecule has 2 N–H and O–H groups in total. The number of carboxylic acid groups (broad SMARTS) is 1. The quantitative estimate of drug-likeness (QED) is 0.220. The smallest absolute Gasteiger partial charge is 0.303 e. The lowest BCUT2D eigenvalue weighted by Gasteiger charge is -2.27. The number of hydrogen-bond acceptors (Lipinski definition) is 6. The summed E-state index contributed by atoms with van der Waals surface area (Å²) in [6, 6.07) is 10.4. The van der Waals surface area contributed by atoms with E-state index in [0.717, 1.165) is 0 Å². The Bertz CT molecular complexity index is 1110. The second-order valence-electron chi connectivity index (χ2n) is 7.81. The number of Topliss-reactive ketones (excluding diaryl/α,β-unsaturated/α-hetero) is 1. The summed E-state index contributed by atoms with van der Waals surface area (Å²) >= 11 is 5.96. The van der Waals surface area contributed by atoms with E-state index in [2.05, 4.69) is 0 Å². The third-order valence-corrected chi connectivity index (χ3v) is 5.93. The van der Waals surface area contributed by atoms with E-state index in [-0.39, 0.29) is 24.3 Å². The summed E-state index contributed by atoms with van der Waals surface area (Å²) in [5.41, 5.74) is 0.766. The summed E-state index contributed by atoms with van der Waals surface area (Å²) in [4.78, 5) is 38.4. The largest absolute Gasteiger partial charge is 0.507 e. The fourth-order valence-electron chi connectivity index (χ4n) is 3.99. The summed E-state index contributed by atoms with van der Waals surface area (Å²) in [5, 5.41) is 20.4. The van der Waals surface area contributed by atoms with Crippen molar-refractivity contribution in [2.75, 3.05) is 20.8 Å². The third-order valence-electron chi connectivity index (χ3n) is 5.68. The van der Waals surface area contributed by atoms with Crippen LogP contribution in [0.25, 0.3) is 5.76 Å². The van der Waals surface area contributed by atoms with E-state index in [1.54, 1.807) is 42.5 Å². The first-order chi connectivity index (χ1) is 16.3. The number of halogens is 1. The molecule has 2 aromatic carbocycles. The van der Waals surface area contributed by atoms with Gasteiger partial charge >= 0.3 is 5.97 Å². The van der Waals surface area contributed by atoms with Gasteiger partial charge in [-0.25, -0.2) is 0 Å². The maximum absolute atomic E-state index is 13.1. The Hall–Kier alpha value is -3.52. The molecule has 9 heteroatoms. The second kappa shape index (κ2) is 11.1. The number of aliphatic hydroxyl groups is 1. The summed E-state index contributed by atoms with van der Waals surface area (Å²) in [5.74, 6) is -1.85. The van der Waals surface area contributed by atoms with E-state index >= 15 is 0 Å². The molecule has 1 fully saturated rings. The number of ether oxygens (including phenoxy) is 2. The first-order valence-electron chi connectivity index (χ1n) is 10.8. The lowest BCUT2D eigenvalue weighted by atomic mass is 9.94. The van der Waals surface area contributed by atoms with Crippen LogP contribution in [0, 0.1) is 0 Å². The van der Waals surface area contributed by atoms with Gasteiger partial charge in [-0.3, -0.25) is 14.4 Å². The molecule has 180 valence electrons. The molecule has 1 aliphatic heterocycles. The number of likely N-dealkylation sites (tertiary alicyclic amines) is 1. The number of nitrogens with zero attached hydrogens (tertiary/aromatic N) is 1. The van der Waals surface area contributed by atoms with Crippen molar-refractivity contribution in [3.63, 3.8) is 0 Å². The fraction of sp³-hybridized carbons (Fsp3) is 0.320. The normalized spacial score (nSPS) is 17.1. The molecule has 1 atom stereocenters. The highest BCUT2D eigenvalue weighted by atomic mass is 35.5. The van der Waals surface area contributed by atoms with Crippen LogP contribution in [0.3, 0.4) is 0 Å². The van der Waals surface area contributed by atoms with Gasteiger partial charge in [-0.05, 0) is 55.3 Å². The first kappa shape index (κ1) is 25.1. The standard InChI is InChI=1S/C25H26ClNO7/c1-33-17-11-12-19(34-2)18(14-17)22-21(23(30)15-7-9-16(26)10-8-15)24(31)25(32)27(22)13-5-3-4-6-20(28)29/h7-12,14,22,30H,3-6,13H2,1-2H3,(H,28,29). The molecule has 3 rings (SSSR count). The van der Waals surface area contributed by atoms with Crippen molar-refractivity contribution in [2.24, 2.45) is 0 Å². The summed E-state index contributed by atoms with van der Waals surface area (Å²) < 4.78 is 10.8. The van der Waals surface area contributed by atoms with Crippen LogP contribution in [0.15, 0.2) is 48.0 Å². The lowest BCUT2D eigenvalue weighted by molar-refractivity contribution is -0.140. The molecule has 1 saturated heterocycles. The number of ketones is 1. The molecule has 1 aliphatic rings. The Morgan fingerprint density at radius 1 is 1.00 bits per heavy atom. The predicted octanol–water partition coefficient (Wildman–Crippen LogP) is 4.42. The molecule has 0 aliphatic carbocycles. The number of amides is 1. The minimum atomic E-state index is -0.916. The number of carboxylic acids is 1. The zero-order valence-corrected chi connectivity index (χ0v) is 19.7. The van der Waals surface area contributed by atoms with Crippen LogP contribution >= 0.6 is 11.6 Å². The molecule has 34 heavy (non-hydrogen) atoms. The molecule has 0 bridgehead atoms. The molecule has 0 radical (unpaired) electrons. The van der Waals surface area contributed by atoms with Crippen LogP contribution in [-0.4, -0.2) is 53.5 Å². The van der Waals surface area contributed by atoms with E-state index < -0.39 is 23.7 Å². The predicted molar refractivity (Wildman–Crippen MR) is 126 cm³/mol. The van der Waals surface area contributed by atoms with Gasteiger partial charge in [0.05, 0.1) is 25.8 Å². The highest BCUT2D eigenvalue weighted by Crippen LogP contribution is 2.44. The molecular formula is C25H26ClNO7. The van der Waals surface area contributed by atoms with Crippen LogP contribution < -0.4 is 9.47 Å². The van der Waals surface area contributed by atoms with Crippen molar-refractivity contribution in [3.8, 4) is 11.5 Å². The molecule has 2 aromatic rings. The number of rotatable bonds is 10. The monoisotopic (exact) mass is 487 g/mol. The van der Waals surface area contributed by atoms with Crippen LogP contribution in [0.1, 0.15) is 42.9 Å². The third kappa shape index (κ3) is 5.34. The van der Waals surface area contributed by atoms with Crippen molar-refractivity contribution >= 4 is 35.0 Å². The van der Waals surface area contributed by atoms with Gasteiger partial charge in [0.15, 0.2) is 0 Å². The average Bonchev–Trinajstić information content (AvgIpc) is 3.08. The number of aliphatic hydroxyl groups excluding tert-OH is 1. The Labute approximate surface area is 202 Å². The first-order valence-corrected chi connectivity index (χ1v) is 11.1. The maximum Gasteiger partial charge on any atom is 0.303 e. The molecule has 0 saturated carbocycles.